The van der Waals surface area contributed by atoms with Crippen LogP contribution in [0.3, 0.4) is 0 Å². The molecule has 0 fully saturated rings. The molecule has 1 atom stereocenters. The minimum absolute atomic E-state index is 0.0440. The predicted octanol–water partition coefficient (Wildman–Crippen LogP) is 7.44. The van der Waals surface area contributed by atoms with Crippen molar-refractivity contribution in [3.8, 4) is 0 Å². The molecule has 0 saturated heterocycles. The van der Waals surface area contributed by atoms with Crippen molar-refractivity contribution in [2.45, 2.75) is 30.6 Å². The molecule has 1 unspecified atom stereocenters. The first-order valence-electron chi connectivity index (χ1n) is 10.6. The summed E-state index contributed by atoms with van der Waals surface area (Å²) in [6.07, 6.45) is -20.8. The van der Waals surface area contributed by atoms with Gasteiger partial charge in [-0.2, -0.15) is 52.7 Å². The summed E-state index contributed by atoms with van der Waals surface area (Å²) in [5, 5.41) is 1.81. The summed E-state index contributed by atoms with van der Waals surface area (Å²) in [7, 11) is 0. The fourth-order valence-electron chi connectivity index (χ4n) is 3.22. The minimum Gasteiger partial charge on any atom is -0.345 e. The van der Waals surface area contributed by atoms with E-state index in [0.29, 0.717) is 18.2 Å². The average Bonchev–Trinajstić information content (AvgIpc) is 2.81. The smallest absolute Gasteiger partial charge is 0.345 e. The van der Waals surface area contributed by atoms with Gasteiger partial charge in [0.15, 0.2) is 0 Å². The van der Waals surface area contributed by atoms with Crippen molar-refractivity contribution in [3.63, 3.8) is 0 Å². The maximum Gasteiger partial charge on any atom is 0.417 e. The van der Waals surface area contributed by atoms with Crippen LogP contribution in [-0.4, -0.2) is 37.3 Å². The molecule has 0 aromatic heterocycles. The standard InChI is InChI=1S/C23H14ClF13N2O2/c24-16-6-10(2-4-13(16)21(29,30)31)14(22(32,33)34)7-17(25)11-1-3-12(15(5-11)23(35,36)37)19(41)38-8-18(40)39-9-20(26,27)28/h1-7,14H,8-9H2,(H,38,41)(H,39,40)/b17-7-. The first-order chi connectivity index (χ1) is 18.5. The zero-order valence-corrected chi connectivity index (χ0v) is 20.4. The Balaban J connectivity index is 2.42. The second kappa shape index (κ2) is 12.2. The van der Waals surface area contributed by atoms with E-state index >= 15 is 0 Å². The molecule has 0 aliphatic rings. The Bertz CT molecular complexity index is 1310. The van der Waals surface area contributed by atoms with Gasteiger partial charge in [0.05, 0.1) is 28.3 Å². The van der Waals surface area contributed by atoms with Crippen LogP contribution in [0.2, 0.25) is 5.02 Å². The molecular weight excluding hydrogens is 619 g/mol. The summed E-state index contributed by atoms with van der Waals surface area (Å²) in [5.74, 6) is -7.93. The van der Waals surface area contributed by atoms with Crippen LogP contribution in [-0.2, 0) is 17.1 Å². The van der Waals surface area contributed by atoms with E-state index in [-0.39, 0.29) is 24.3 Å². The second-order valence-corrected chi connectivity index (χ2v) is 8.51. The summed E-state index contributed by atoms with van der Waals surface area (Å²) in [5.41, 5.74) is -6.71. The van der Waals surface area contributed by atoms with Gasteiger partial charge in [-0.15, -0.1) is 0 Å². The Hall–Kier alpha value is -3.50. The highest BCUT2D eigenvalue weighted by atomic mass is 35.5. The van der Waals surface area contributed by atoms with Crippen molar-refractivity contribution in [1.29, 1.82) is 0 Å². The third kappa shape index (κ3) is 9.54. The summed E-state index contributed by atoms with van der Waals surface area (Å²) in [6, 6.07) is 1.60. The fourth-order valence-corrected chi connectivity index (χ4v) is 3.52. The van der Waals surface area contributed by atoms with Gasteiger partial charge in [0.25, 0.3) is 5.91 Å². The Kier molecular flexibility index (Phi) is 10.00. The number of carbonyl (C=O) groups is 2. The van der Waals surface area contributed by atoms with Crippen molar-refractivity contribution < 1.29 is 66.7 Å². The maximum absolute atomic E-state index is 14.8. The Morgan fingerprint density at radius 2 is 1.39 bits per heavy atom. The first kappa shape index (κ1) is 33.7. The molecule has 0 bridgehead atoms. The lowest BCUT2D eigenvalue weighted by Gasteiger charge is -2.19. The first-order valence-corrected chi connectivity index (χ1v) is 11.0. The van der Waals surface area contributed by atoms with Crippen LogP contribution in [0, 0.1) is 0 Å². The largest absolute Gasteiger partial charge is 0.417 e. The molecule has 226 valence electrons. The third-order valence-corrected chi connectivity index (χ3v) is 5.38. The number of allylic oxidation sites excluding steroid dienone is 1. The van der Waals surface area contributed by atoms with Crippen LogP contribution >= 0.6 is 11.6 Å². The molecule has 2 aromatic carbocycles. The maximum atomic E-state index is 14.8. The predicted molar refractivity (Wildman–Crippen MR) is 117 cm³/mol. The third-order valence-electron chi connectivity index (χ3n) is 5.06. The number of amides is 2. The zero-order valence-electron chi connectivity index (χ0n) is 19.6. The lowest BCUT2D eigenvalue weighted by atomic mass is 9.94. The van der Waals surface area contributed by atoms with E-state index in [1.165, 1.54) is 5.32 Å². The molecule has 18 heteroatoms. The molecule has 0 heterocycles. The van der Waals surface area contributed by atoms with E-state index in [9.17, 15) is 66.7 Å². The monoisotopic (exact) mass is 632 g/mol. The summed E-state index contributed by atoms with van der Waals surface area (Å²) >= 11 is 5.42. The van der Waals surface area contributed by atoms with E-state index in [1.807, 2.05) is 0 Å². The summed E-state index contributed by atoms with van der Waals surface area (Å²) < 4.78 is 172. The highest BCUT2D eigenvalue weighted by Crippen LogP contribution is 2.42. The van der Waals surface area contributed by atoms with Crippen LogP contribution in [0.1, 0.15) is 38.5 Å². The van der Waals surface area contributed by atoms with E-state index in [2.05, 4.69) is 0 Å². The normalized spacial score (nSPS) is 14.0. The molecule has 0 radical (unpaired) electrons. The van der Waals surface area contributed by atoms with E-state index in [1.54, 1.807) is 5.32 Å². The van der Waals surface area contributed by atoms with Crippen molar-refractivity contribution in [3.05, 3.63) is 75.3 Å². The van der Waals surface area contributed by atoms with E-state index in [0.717, 1.165) is 0 Å². The minimum atomic E-state index is -5.41. The molecule has 2 aromatic rings. The van der Waals surface area contributed by atoms with E-state index in [4.69, 9.17) is 11.6 Å². The van der Waals surface area contributed by atoms with Gasteiger partial charge in [0, 0.05) is 5.56 Å². The van der Waals surface area contributed by atoms with E-state index < -0.39 is 94.2 Å². The number of hydrogen-bond donors (Lipinski definition) is 2. The SMILES string of the molecule is O=C(CNC(=O)c1ccc(/C(F)=C/C(c2ccc(C(F)(F)F)c(Cl)c2)C(F)(F)F)cc1C(F)(F)F)NCC(F)(F)F. The number of rotatable bonds is 7. The lowest BCUT2D eigenvalue weighted by Crippen LogP contribution is -2.41. The van der Waals surface area contributed by atoms with Crippen LogP contribution in [0.4, 0.5) is 57.1 Å². The van der Waals surface area contributed by atoms with Gasteiger partial charge in [-0.3, -0.25) is 9.59 Å². The van der Waals surface area contributed by atoms with Gasteiger partial charge >= 0.3 is 24.7 Å². The average molecular weight is 633 g/mol. The molecule has 0 aliphatic carbocycles. The van der Waals surface area contributed by atoms with Crippen LogP contribution in [0.15, 0.2) is 42.5 Å². The fraction of sp³-hybridized carbons (Fsp3) is 0.304. The van der Waals surface area contributed by atoms with Crippen molar-refractivity contribution in [1.82, 2.24) is 10.6 Å². The number of alkyl halides is 12. The molecule has 2 rings (SSSR count). The second-order valence-electron chi connectivity index (χ2n) is 8.10. The van der Waals surface area contributed by atoms with Gasteiger partial charge in [0.1, 0.15) is 18.3 Å². The van der Waals surface area contributed by atoms with Crippen molar-refractivity contribution in [2.75, 3.05) is 13.1 Å². The molecular formula is C23H14ClF13N2O2. The summed E-state index contributed by atoms with van der Waals surface area (Å²) in [6.45, 7) is -2.99. The molecule has 0 aliphatic heterocycles. The van der Waals surface area contributed by atoms with Crippen LogP contribution < -0.4 is 10.6 Å². The molecule has 0 saturated carbocycles. The zero-order chi connectivity index (χ0) is 31.6. The Labute approximate surface area is 226 Å². The van der Waals surface area contributed by atoms with Crippen LogP contribution in [0.25, 0.3) is 5.83 Å². The molecule has 2 amide bonds. The van der Waals surface area contributed by atoms with Gasteiger partial charge in [0.2, 0.25) is 5.91 Å². The quantitative estimate of drug-likeness (QED) is 0.312. The van der Waals surface area contributed by atoms with Crippen molar-refractivity contribution in [2.24, 2.45) is 0 Å². The summed E-state index contributed by atoms with van der Waals surface area (Å²) in [4.78, 5) is 23.5. The highest BCUT2D eigenvalue weighted by molar-refractivity contribution is 6.31. The molecule has 41 heavy (non-hydrogen) atoms. The molecule has 4 nitrogen and oxygen atoms in total. The van der Waals surface area contributed by atoms with Gasteiger partial charge in [-0.25, -0.2) is 4.39 Å². The number of hydrogen-bond acceptors (Lipinski definition) is 2. The molecule has 0 spiro atoms. The van der Waals surface area contributed by atoms with Crippen molar-refractivity contribution >= 4 is 29.2 Å². The highest BCUT2D eigenvalue weighted by Gasteiger charge is 2.42. The number of benzene rings is 2. The lowest BCUT2D eigenvalue weighted by molar-refractivity contribution is -0.140. The number of halogens is 14. The Morgan fingerprint density at radius 1 is 0.805 bits per heavy atom. The van der Waals surface area contributed by atoms with Gasteiger partial charge in [-0.1, -0.05) is 23.7 Å². The number of nitrogens with one attached hydrogen (secondary N) is 2. The van der Waals surface area contributed by atoms with Crippen LogP contribution in [0.5, 0.6) is 0 Å². The number of carbonyl (C=O) groups excluding carboxylic acids is 2. The topological polar surface area (TPSA) is 58.2 Å². The molecule has 2 N–H and O–H groups in total. The Morgan fingerprint density at radius 3 is 1.88 bits per heavy atom. The van der Waals surface area contributed by atoms with Gasteiger partial charge < -0.3 is 10.6 Å². The van der Waals surface area contributed by atoms with Gasteiger partial charge in [-0.05, 0) is 35.9 Å².